The lowest BCUT2D eigenvalue weighted by Crippen LogP contribution is -2.25. The van der Waals surface area contributed by atoms with Crippen molar-refractivity contribution in [2.24, 2.45) is 17.8 Å². The SMILES string of the molecule is CCCCCC1CCC(c2cc(F)c(C3CCC(C4CCC(c5ccc(F)c(F)c5)CC4)CC3)c(F)c2)CC1. The lowest BCUT2D eigenvalue weighted by atomic mass is 9.67. The van der Waals surface area contributed by atoms with Crippen molar-refractivity contribution in [1.29, 1.82) is 0 Å². The van der Waals surface area contributed by atoms with E-state index in [-0.39, 0.29) is 17.6 Å². The van der Waals surface area contributed by atoms with E-state index >= 15 is 8.78 Å². The van der Waals surface area contributed by atoms with Crippen molar-refractivity contribution < 1.29 is 17.6 Å². The molecule has 214 valence electrons. The van der Waals surface area contributed by atoms with E-state index in [4.69, 9.17) is 0 Å². The molecule has 0 aromatic heterocycles. The molecule has 39 heavy (non-hydrogen) atoms. The van der Waals surface area contributed by atoms with E-state index in [0.29, 0.717) is 29.2 Å². The van der Waals surface area contributed by atoms with Gasteiger partial charge in [-0.15, -0.1) is 0 Å². The fourth-order valence-corrected chi connectivity index (χ4v) is 8.27. The van der Waals surface area contributed by atoms with Gasteiger partial charge in [0.25, 0.3) is 0 Å². The van der Waals surface area contributed by atoms with E-state index in [1.807, 2.05) is 0 Å². The van der Waals surface area contributed by atoms with Gasteiger partial charge in [0.1, 0.15) is 11.6 Å². The van der Waals surface area contributed by atoms with Crippen LogP contribution in [0.3, 0.4) is 0 Å². The van der Waals surface area contributed by atoms with Gasteiger partial charge < -0.3 is 0 Å². The summed E-state index contributed by atoms with van der Waals surface area (Å²) in [6.45, 7) is 2.24. The Kier molecular flexibility index (Phi) is 9.72. The van der Waals surface area contributed by atoms with E-state index in [1.165, 1.54) is 50.7 Å². The highest BCUT2D eigenvalue weighted by molar-refractivity contribution is 5.32. The third-order valence-corrected chi connectivity index (χ3v) is 10.7. The van der Waals surface area contributed by atoms with Crippen LogP contribution < -0.4 is 0 Å². The Bertz CT molecular complexity index is 1050. The average molecular weight is 543 g/mol. The van der Waals surface area contributed by atoms with Crippen LogP contribution in [0.4, 0.5) is 17.6 Å². The number of hydrogen-bond acceptors (Lipinski definition) is 0. The quantitative estimate of drug-likeness (QED) is 0.230. The van der Waals surface area contributed by atoms with Gasteiger partial charge in [-0.2, -0.15) is 0 Å². The molecule has 5 rings (SSSR count). The molecule has 0 heterocycles. The van der Waals surface area contributed by atoms with E-state index < -0.39 is 11.6 Å². The first-order valence-electron chi connectivity index (χ1n) is 15.9. The van der Waals surface area contributed by atoms with Crippen molar-refractivity contribution in [3.05, 3.63) is 70.3 Å². The molecule has 0 spiro atoms. The normalized spacial score (nSPS) is 29.9. The van der Waals surface area contributed by atoms with Crippen LogP contribution in [-0.4, -0.2) is 0 Å². The molecular weight excluding hydrogens is 496 g/mol. The van der Waals surface area contributed by atoms with Gasteiger partial charge >= 0.3 is 0 Å². The minimum absolute atomic E-state index is 0.0249. The Morgan fingerprint density at radius 2 is 1.05 bits per heavy atom. The highest BCUT2D eigenvalue weighted by atomic mass is 19.2. The maximum atomic E-state index is 15.4. The largest absolute Gasteiger partial charge is 0.207 e. The highest BCUT2D eigenvalue weighted by Gasteiger charge is 2.34. The number of halogens is 4. The van der Waals surface area contributed by atoms with Gasteiger partial charge in [0.05, 0.1) is 0 Å². The third-order valence-electron chi connectivity index (χ3n) is 10.7. The fourth-order valence-electron chi connectivity index (χ4n) is 8.27. The molecule has 0 nitrogen and oxygen atoms in total. The zero-order chi connectivity index (χ0) is 27.4. The minimum Gasteiger partial charge on any atom is -0.207 e. The Morgan fingerprint density at radius 3 is 1.62 bits per heavy atom. The third kappa shape index (κ3) is 6.91. The summed E-state index contributed by atoms with van der Waals surface area (Å²) in [7, 11) is 0. The van der Waals surface area contributed by atoms with Crippen LogP contribution in [0, 0.1) is 41.0 Å². The van der Waals surface area contributed by atoms with Crippen LogP contribution in [0.1, 0.15) is 144 Å². The predicted octanol–water partition coefficient (Wildman–Crippen LogP) is 11.3. The number of hydrogen-bond donors (Lipinski definition) is 0. The summed E-state index contributed by atoms with van der Waals surface area (Å²) in [5.74, 6) is 0.384. The van der Waals surface area contributed by atoms with Crippen molar-refractivity contribution in [2.75, 3.05) is 0 Å². The zero-order valence-corrected chi connectivity index (χ0v) is 23.7. The van der Waals surface area contributed by atoms with Crippen LogP contribution in [-0.2, 0) is 0 Å². The van der Waals surface area contributed by atoms with Crippen LogP contribution in [0.25, 0.3) is 0 Å². The topological polar surface area (TPSA) is 0 Å². The first-order valence-corrected chi connectivity index (χ1v) is 15.9. The smallest absolute Gasteiger partial charge is 0.159 e. The molecule has 0 N–H and O–H groups in total. The van der Waals surface area contributed by atoms with Gasteiger partial charge in [0, 0.05) is 5.56 Å². The fraction of sp³-hybridized carbons (Fsp3) is 0.657. The molecule has 0 aliphatic heterocycles. The van der Waals surface area contributed by atoms with Crippen LogP contribution >= 0.6 is 0 Å². The first kappa shape index (κ1) is 28.7. The molecule has 0 atom stereocenters. The molecule has 0 amide bonds. The van der Waals surface area contributed by atoms with Crippen LogP contribution in [0.2, 0.25) is 0 Å². The average Bonchev–Trinajstić information content (AvgIpc) is 2.95. The monoisotopic (exact) mass is 542 g/mol. The maximum Gasteiger partial charge on any atom is 0.159 e. The van der Waals surface area contributed by atoms with E-state index in [1.54, 1.807) is 18.2 Å². The second-order valence-electron chi connectivity index (χ2n) is 13.0. The van der Waals surface area contributed by atoms with Gasteiger partial charge in [0.2, 0.25) is 0 Å². The summed E-state index contributed by atoms with van der Waals surface area (Å²) < 4.78 is 57.7. The summed E-state index contributed by atoms with van der Waals surface area (Å²) >= 11 is 0. The number of rotatable bonds is 8. The number of benzene rings is 2. The van der Waals surface area contributed by atoms with Crippen molar-refractivity contribution in [2.45, 2.75) is 127 Å². The zero-order valence-electron chi connectivity index (χ0n) is 23.7. The van der Waals surface area contributed by atoms with Crippen LogP contribution in [0.5, 0.6) is 0 Å². The first-order chi connectivity index (χ1) is 18.9. The van der Waals surface area contributed by atoms with Gasteiger partial charge in [-0.25, -0.2) is 17.6 Å². The van der Waals surface area contributed by atoms with E-state index in [9.17, 15) is 8.78 Å². The Labute approximate surface area is 233 Å². The summed E-state index contributed by atoms with van der Waals surface area (Å²) in [6.07, 6.45) is 17.6. The van der Waals surface area contributed by atoms with Gasteiger partial charge in [-0.05, 0) is 148 Å². The second kappa shape index (κ2) is 13.2. The Morgan fingerprint density at radius 1 is 0.538 bits per heavy atom. The number of unbranched alkanes of at least 4 members (excludes halogenated alkanes) is 2. The predicted molar refractivity (Wildman–Crippen MR) is 151 cm³/mol. The summed E-state index contributed by atoms with van der Waals surface area (Å²) in [4.78, 5) is 0. The maximum absolute atomic E-state index is 15.4. The molecule has 2 aromatic rings. The molecule has 3 aliphatic rings. The molecule has 0 radical (unpaired) electrons. The van der Waals surface area contributed by atoms with Crippen molar-refractivity contribution in [1.82, 2.24) is 0 Å². The van der Waals surface area contributed by atoms with Gasteiger partial charge in [-0.3, -0.25) is 0 Å². The molecule has 3 saturated carbocycles. The molecule has 3 aliphatic carbocycles. The van der Waals surface area contributed by atoms with Crippen LogP contribution in [0.15, 0.2) is 30.3 Å². The molecule has 2 aromatic carbocycles. The van der Waals surface area contributed by atoms with E-state index in [0.717, 1.165) is 81.3 Å². The lowest BCUT2D eigenvalue weighted by molar-refractivity contribution is 0.175. The minimum atomic E-state index is -0.785. The molecular formula is C35H46F4. The second-order valence-corrected chi connectivity index (χ2v) is 13.0. The lowest BCUT2D eigenvalue weighted by Gasteiger charge is -2.38. The molecule has 3 fully saturated rings. The Balaban J connectivity index is 1.12. The van der Waals surface area contributed by atoms with Gasteiger partial charge in [0.15, 0.2) is 11.6 Å². The Hall–Kier alpha value is -1.84. The summed E-state index contributed by atoms with van der Waals surface area (Å²) in [6, 6.07) is 7.64. The van der Waals surface area contributed by atoms with Crippen molar-refractivity contribution >= 4 is 0 Å². The van der Waals surface area contributed by atoms with Gasteiger partial charge in [-0.1, -0.05) is 38.7 Å². The van der Waals surface area contributed by atoms with Crippen molar-refractivity contribution in [3.8, 4) is 0 Å². The molecule has 4 heteroatoms. The summed E-state index contributed by atoms with van der Waals surface area (Å²) in [5, 5.41) is 0. The summed E-state index contributed by atoms with van der Waals surface area (Å²) in [5.41, 5.74) is 2.10. The highest BCUT2D eigenvalue weighted by Crippen LogP contribution is 2.47. The molecule has 0 saturated heterocycles. The molecule has 0 bridgehead atoms. The van der Waals surface area contributed by atoms with E-state index in [2.05, 4.69) is 6.92 Å². The van der Waals surface area contributed by atoms with Crippen molar-refractivity contribution in [3.63, 3.8) is 0 Å². The molecule has 0 unspecified atom stereocenters. The standard InChI is InChI=1S/C35H46F4/c1-2-3-4-5-23-6-8-27(9-7-23)30-21-33(38)35(34(39)22-30)28-16-14-25(15-17-28)24-10-12-26(13-11-24)29-18-19-31(36)32(37)20-29/h18-28H,2-17H2,1H3.